The quantitative estimate of drug-likeness (QED) is 0.771. The van der Waals surface area contributed by atoms with Gasteiger partial charge in [-0.1, -0.05) is 0 Å². The first-order valence-electron chi connectivity index (χ1n) is 4.84. The summed E-state index contributed by atoms with van der Waals surface area (Å²) in [4.78, 5) is 19.3. The smallest absolute Gasteiger partial charge is 0.350 e. The van der Waals surface area contributed by atoms with Crippen molar-refractivity contribution in [3.8, 4) is 5.75 Å². The predicted molar refractivity (Wildman–Crippen MR) is 60.1 cm³/mol. The summed E-state index contributed by atoms with van der Waals surface area (Å²) in [5, 5.41) is 10.3. The van der Waals surface area contributed by atoms with Crippen LogP contribution in [0.3, 0.4) is 0 Å². The van der Waals surface area contributed by atoms with E-state index in [0.29, 0.717) is 11.9 Å². The van der Waals surface area contributed by atoms with Crippen molar-refractivity contribution in [1.29, 1.82) is 0 Å². The van der Waals surface area contributed by atoms with Crippen LogP contribution in [0.15, 0.2) is 32.5 Å². The maximum Gasteiger partial charge on any atom is 0.350 e. The van der Waals surface area contributed by atoms with Crippen LogP contribution < -0.4 is 5.63 Å². The molecule has 0 aromatic carbocycles. The molecule has 0 saturated carbocycles. The highest BCUT2D eigenvalue weighted by Crippen LogP contribution is 2.23. The highest BCUT2D eigenvalue weighted by atomic mass is 16.4. The van der Waals surface area contributed by atoms with Gasteiger partial charge < -0.3 is 9.52 Å². The largest absolute Gasteiger partial charge is 0.506 e. The van der Waals surface area contributed by atoms with Crippen LogP contribution in [0.25, 0.3) is 11.1 Å². The molecule has 5 heteroatoms. The molecule has 0 radical (unpaired) electrons. The molecule has 0 unspecified atom stereocenters. The van der Waals surface area contributed by atoms with Crippen molar-refractivity contribution >= 4 is 17.3 Å². The summed E-state index contributed by atoms with van der Waals surface area (Å²) < 4.78 is 4.95. The van der Waals surface area contributed by atoms with Gasteiger partial charge in [-0.2, -0.15) is 0 Å². The van der Waals surface area contributed by atoms with Gasteiger partial charge in [0.2, 0.25) is 5.71 Å². The van der Waals surface area contributed by atoms with E-state index in [2.05, 4.69) is 9.98 Å². The fraction of sp³-hybridized carbons (Fsp3) is 0.182. The molecule has 0 saturated heterocycles. The fourth-order valence-corrected chi connectivity index (χ4v) is 1.33. The van der Waals surface area contributed by atoms with Gasteiger partial charge in [0.25, 0.3) is 0 Å². The Balaban J connectivity index is 2.76. The topological polar surface area (TPSA) is 75.7 Å². The lowest BCUT2D eigenvalue weighted by atomic mass is 10.2. The minimum absolute atomic E-state index is 0.0577. The first-order valence-corrected chi connectivity index (χ1v) is 4.84. The number of fused-ring (bicyclic) bond motifs is 1. The number of aromatic hydroxyl groups is 1. The Bertz CT molecular complexity index is 602. The van der Waals surface area contributed by atoms with Gasteiger partial charge in [0, 0.05) is 19.0 Å². The van der Waals surface area contributed by atoms with E-state index >= 15 is 0 Å². The molecule has 5 nitrogen and oxygen atoms in total. The standard InChI is InChI=1S/C11H10N2O3/c1-2-12-6-8-9(14)7-4-3-5-13-10(7)16-11(8)15/h3-6,14H,2H2,1H3. The van der Waals surface area contributed by atoms with Gasteiger partial charge in [0.05, 0.1) is 5.39 Å². The van der Waals surface area contributed by atoms with Gasteiger partial charge in [-0.05, 0) is 19.1 Å². The molecule has 0 spiro atoms. The molecular formula is C11H10N2O3. The Morgan fingerprint density at radius 3 is 3.19 bits per heavy atom. The summed E-state index contributed by atoms with van der Waals surface area (Å²) in [6.07, 6.45) is 2.80. The van der Waals surface area contributed by atoms with Gasteiger partial charge in [-0.3, -0.25) is 4.99 Å². The lowest BCUT2D eigenvalue weighted by Crippen LogP contribution is -2.07. The Morgan fingerprint density at radius 1 is 1.62 bits per heavy atom. The van der Waals surface area contributed by atoms with Crippen molar-refractivity contribution in [2.45, 2.75) is 6.92 Å². The number of aromatic nitrogens is 1. The number of hydrogen-bond acceptors (Lipinski definition) is 5. The molecular weight excluding hydrogens is 208 g/mol. The Morgan fingerprint density at radius 2 is 2.44 bits per heavy atom. The first-order chi connectivity index (χ1) is 7.74. The summed E-state index contributed by atoms with van der Waals surface area (Å²) >= 11 is 0. The second-order valence-electron chi connectivity index (χ2n) is 3.14. The van der Waals surface area contributed by atoms with Gasteiger partial charge in [-0.15, -0.1) is 0 Å². The molecule has 2 aromatic rings. The van der Waals surface area contributed by atoms with E-state index in [1.807, 2.05) is 6.92 Å². The average Bonchev–Trinajstić information content (AvgIpc) is 2.29. The van der Waals surface area contributed by atoms with Gasteiger partial charge in [0.15, 0.2) is 0 Å². The molecule has 2 aromatic heterocycles. The van der Waals surface area contributed by atoms with Crippen LogP contribution in [0.4, 0.5) is 0 Å². The van der Waals surface area contributed by atoms with Crippen molar-refractivity contribution in [2.24, 2.45) is 4.99 Å². The third kappa shape index (κ3) is 1.67. The van der Waals surface area contributed by atoms with E-state index in [4.69, 9.17) is 4.42 Å². The van der Waals surface area contributed by atoms with Gasteiger partial charge in [0.1, 0.15) is 11.3 Å². The molecule has 0 bridgehead atoms. The summed E-state index contributed by atoms with van der Waals surface area (Å²) in [6.45, 7) is 2.36. The lowest BCUT2D eigenvalue weighted by Gasteiger charge is -2.00. The van der Waals surface area contributed by atoms with E-state index in [9.17, 15) is 9.90 Å². The third-order valence-corrected chi connectivity index (χ3v) is 2.09. The lowest BCUT2D eigenvalue weighted by molar-refractivity contribution is 0.464. The van der Waals surface area contributed by atoms with Crippen LogP contribution in [-0.4, -0.2) is 22.8 Å². The van der Waals surface area contributed by atoms with E-state index in [-0.39, 0.29) is 17.0 Å². The monoisotopic (exact) mass is 218 g/mol. The van der Waals surface area contributed by atoms with Crippen LogP contribution >= 0.6 is 0 Å². The fourth-order valence-electron chi connectivity index (χ4n) is 1.33. The van der Waals surface area contributed by atoms with Crippen molar-refractivity contribution < 1.29 is 9.52 Å². The van der Waals surface area contributed by atoms with Crippen LogP contribution in [0.2, 0.25) is 0 Å². The second-order valence-corrected chi connectivity index (χ2v) is 3.14. The highest BCUT2D eigenvalue weighted by Gasteiger charge is 2.11. The number of hydrogen-bond donors (Lipinski definition) is 1. The normalized spacial score (nSPS) is 11.3. The molecule has 82 valence electrons. The molecule has 0 aliphatic heterocycles. The Hall–Kier alpha value is -2.17. The summed E-state index contributed by atoms with van der Waals surface area (Å²) in [5.74, 6) is -0.142. The van der Waals surface area contributed by atoms with E-state index < -0.39 is 5.63 Å². The zero-order valence-electron chi connectivity index (χ0n) is 8.67. The minimum Gasteiger partial charge on any atom is -0.506 e. The van der Waals surface area contributed by atoms with Gasteiger partial charge >= 0.3 is 5.63 Å². The molecule has 0 aliphatic carbocycles. The summed E-state index contributed by atoms with van der Waals surface area (Å²) in [7, 11) is 0. The number of nitrogens with zero attached hydrogens (tertiary/aromatic N) is 2. The maximum atomic E-state index is 11.5. The second kappa shape index (κ2) is 4.14. The zero-order chi connectivity index (χ0) is 11.5. The van der Waals surface area contributed by atoms with Crippen LogP contribution in [0.1, 0.15) is 12.5 Å². The van der Waals surface area contributed by atoms with Crippen molar-refractivity contribution in [1.82, 2.24) is 4.98 Å². The summed E-state index contributed by atoms with van der Waals surface area (Å²) in [5.41, 5.74) is -0.457. The third-order valence-electron chi connectivity index (χ3n) is 2.09. The van der Waals surface area contributed by atoms with Crippen LogP contribution in [0.5, 0.6) is 5.75 Å². The number of pyridine rings is 1. The van der Waals surface area contributed by atoms with E-state index in [1.54, 1.807) is 12.1 Å². The van der Waals surface area contributed by atoms with Crippen molar-refractivity contribution in [3.05, 3.63) is 34.3 Å². The van der Waals surface area contributed by atoms with Crippen LogP contribution in [0, 0.1) is 0 Å². The SMILES string of the molecule is CCN=Cc1c(O)c2cccnc2oc1=O. The molecule has 0 aliphatic rings. The Labute approximate surface area is 91.1 Å². The molecule has 0 fully saturated rings. The first kappa shape index (κ1) is 10.4. The minimum atomic E-state index is -0.638. The number of aliphatic imine (C=N–C) groups is 1. The summed E-state index contributed by atoms with van der Waals surface area (Å²) in [6, 6.07) is 3.28. The molecule has 1 N–H and O–H groups in total. The molecule has 0 atom stereocenters. The van der Waals surface area contributed by atoms with Gasteiger partial charge in [-0.25, -0.2) is 9.78 Å². The van der Waals surface area contributed by atoms with E-state index in [1.165, 1.54) is 12.4 Å². The maximum absolute atomic E-state index is 11.5. The van der Waals surface area contributed by atoms with Crippen LogP contribution in [-0.2, 0) is 0 Å². The molecule has 2 heterocycles. The Kier molecular flexibility index (Phi) is 2.68. The molecule has 0 amide bonds. The predicted octanol–water partition coefficient (Wildman–Crippen LogP) is 1.33. The average molecular weight is 218 g/mol. The number of rotatable bonds is 2. The van der Waals surface area contributed by atoms with Crippen molar-refractivity contribution in [2.75, 3.05) is 6.54 Å². The van der Waals surface area contributed by atoms with E-state index in [0.717, 1.165) is 0 Å². The zero-order valence-corrected chi connectivity index (χ0v) is 8.67. The molecule has 16 heavy (non-hydrogen) atoms. The van der Waals surface area contributed by atoms with Crippen molar-refractivity contribution in [3.63, 3.8) is 0 Å². The highest BCUT2D eigenvalue weighted by molar-refractivity contribution is 5.92. The molecule has 2 rings (SSSR count).